The number of esters is 1. The van der Waals surface area contributed by atoms with Crippen LogP contribution >= 0.6 is 0 Å². The molecular formula is C27H30BNO5. The van der Waals surface area contributed by atoms with Crippen molar-refractivity contribution in [1.82, 2.24) is 5.32 Å². The Bertz CT molecular complexity index is 1030. The molecule has 0 spiro atoms. The number of carbonyl (C=O) groups excluding carboxylic acids is 2. The minimum Gasteiger partial charge on any atom is -0.467 e. The van der Waals surface area contributed by atoms with Crippen molar-refractivity contribution in [2.75, 3.05) is 21.3 Å². The number of nitrogens with one attached hydrogen (secondary N) is 1. The first-order chi connectivity index (χ1) is 16.4. The molecule has 1 atom stereocenters. The predicted molar refractivity (Wildman–Crippen MR) is 133 cm³/mol. The Morgan fingerprint density at radius 2 is 1.32 bits per heavy atom. The van der Waals surface area contributed by atoms with E-state index in [2.05, 4.69) is 5.32 Å². The number of hydrogen-bond donors (Lipinski definition) is 1. The van der Waals surface area contributed by atoms with Gasteiger partial charge < -0.3 is 19.4 Å². The number of rotatable bonds is 10. The largest absolute Gasteiger partial charge is 0.493 e. The topological polar surface area (TPSA) is 73.9 Å². The molecule has 0 saturated heterocycles. The van der Waals surface area contributed by atoms with Gasteiger partial charge in [0.25, 0.3) is 0 Å². The maximum absolute atomic E-state index is 13.8. The van der Waals surface area contributed by atoms with Crippen molar-refractivity contribution in [3.05, 3.63) is 102 Å². The Morgan fingerprint density at radius 1 is 0.824 bits per heavy atom. The average molecular weight is 459 g/mol. The SMILES string of the molecule is COB(OC)c1ccc(C[C@H](NC(=O)C(C)(c2ccccc2)c2ccccc2)C(=O)OC)cc1. The van der Waals surface area contributed by atoms with E-state index in [1.54, 1.807) is 14.2 Å². The van der Waals surface area contributed by atoms with Crippen molar-refractivity contribution >= 4 is 24.5 Å². The van der Waals surface area contributed by atoms with E-state index in [1.807, 2.05) is 91.9 Å². The van der Waals surface area contributed by atoms with Crippen LogP contribution in [0, 0.1) is 0 Å². The molecule has 0 aliphatic rings. The van der Waals surface area contributed by atoms with Crippen molar-refractivity contribution < 1.29 is 23.6 Å². The molecule has 1 amide bonds. The van der Waals surface area contributed by atoms with Crippen LogP contribution in [0.25, 0.3) is 0 Å². The normalized spacial score (nSPS) is 12.0. The number of methoxy groups -OCH3 is 1. The lowest BCUT2D eigenvalue weighted by molar-refractivity contribution is -0.145. The summed E-state index contributed by atoms with van der Waals surface area (Å²) in [4.78, 5) is 26.4. The molecule has 3 aromatic carbocycles. The second kappa shape index (κ2) is 11.6. The van der Waals surface area contributed by atoms with Crippen LogP contribution in [0.4, 0.5) is 0 Å². The standard InChI is InChI=1S/C27H30BNO5/c1-27(21-11-7-5-8-12-21,22-13-9-6-10-14-22)26(31)29-24(25(30)32-2)19-20-15-17-23(18-16-20)28(33-3)34-4/h5-18,24H,19H2,1-4H3,(H,29,31)/t24-/m0/s1. The Morgan fingerprint density at radius 3 is 1.76 bits per heavy atom. The van der Waals surface area contributed by atoms with Gasteiger partial charge >= 0.3 is 13.1 Å². The first kappa shape index (κ1) is 25.2. The summed E-state index contributed by atoms with van der Waals surface area (Å²) < 4.78 is 15.6. The number of carbonyl (C=O) groups is 2. The van der Waals surface area contributed by atoms with E-state index < -0.39 is 24.5 Å². The third kappa shape index (κ3) is 5.55. The number of amides is 1. The summed E-state index contributed by atoms with van der Waals surface area (Å²) in [5, 5.41) is 2.95. The fourth-order valence-electron chi connectivity index (χ4n) is 4.02. The minimum absolute atomic E-state index is 0.281. The smallest absolute Gasteiger partial charge is 0.467 e. The summed E-state index contributed by atoms with van der Waals surface area (Å²) in [6.07, 6.45) is 0.281. The molecule has 0 aliphatic heterocycles. The highest BCUT2D eigenvalue weighted by Gasteiger charge is 2.39. The third-order valence-electron chi connectivity index (χ3n) is 6.07. The number of hydrogen-bond acceptors (Lipinski definition) is 5. The minimum atomic E-state index is -0.997. The van der Waals surface area contributed by atoms with Gasteiger partial charge in [0.2, 0.25) is 5.91 Å². The van der Waals surface area contributed by atoms with Gasteiger partial charge in [0.1, 0.15) is 6.04 Å². The third-order valence-corrected chi connectivity index (χ3v) is 6.07. The van der Waals surface area contributed by atoms with Crippen molar-refractivity contribution in [1.29, 1.82) is 0 Å². The van der Waals surface area contributed by atoms with Crippen LogP contribution in [0.3, 0.4) is 0 Å². The first-order valence-corrected chi connectivity index (χ1v) is 11.1. The summed E-state index contributed by atoms with van der Waals surface area (Å²) in [7, 11) is 3.99. The van der Waals surface area contributed by atoms with Crippen LogP contribution in [0.15, 0.2) is 84.9 Å². The van der Waals surface area contributed by atoms with Gasteiger partial charge in [0, 0.05) is 20.6 Å². The Balaban J connectivity index is 1.89. The molecule has 0 fully saturated rings. The highest BCUT2D eigenvalue weighted by molar-refractivity contribution is 6.61. The molecule has 0 radical (unpaired) electrons. The predicted octanol–water partition coefficient (Wildman–Crippen LogP) is 2.88. The second-order valence-corrected chi connectivity index (χ2v) is 8.16. The molecule has 1 N–H and O–H groups in total. The van der Waals surface area contributed by atoms with E-state index in [0.717, 1.165) is 22.2 Å². The van der Waals surface area contributed by atoms with Gasteiger partial charge in [-0.3, -0.25) is 4.79 Å². The zero-order valence-electron chi connectivity index (χ0n) is 20.0. The zero-order chi connectivity index (χ0) is 24.6. The first-order valence-electron chi connectivity index (χ1n) is 11.1. The van der Waals surface area contributed by atoms with E-state index >= 15 is 0 Å². The van der Waals surface area contributed by atoms with Crippen molar-refractivity contribution in [2.45, 2.75) is 24.8 Å². The molecule has 34 heavy (non-hydrogen) atoms. The number of benzene rings is 3. The molecule has 0 aromatic heterocycles. The van der Waals surface area contributed by atoms with Crippen LogP contribution in [0.2, 0.25) is 0 Å². The summed E-state index contributed by atoms with van der Waals surface area (Å²) in [5.41, 5.74) is 2.39. The highest BCUT2D eigenvalue weighted by Crippen LogP contribution is 2.32. The number of ether oxygens (including phenoxy) is 1. The Hall–Kier alpha value is -3.42. The average Bonchev–Trinajstić information content (AvgIpc) is 2.89. The van der Waals surface area contributed by atoms with Gasteiger partial charge in [-0.1, -0.05) is 84.9 Å². The molecule has 6 nitrogen and oxygen atoms in total. The maximum Gasteiger partial charge on any atom is 0.493 e. The fraction of sp³-hybridized carbons (Fsp3) is 0.259. The molecule has 7 heteroatoms. The van der Waals surface area contributed by atoms with Gasteiger partial charge in [-0.15, -0.1) is 0 Å². The Kier molecular flexibility index (Phi) is 8.63. The van der Waals surface area contributed by atoms with Crippen molar-refractivity contribution in [2.24, 2.45) is 0 Å². The zero-order valence-corrected chi connectivity index (χ0v) is 20.0. The van der Waals surface area contributed by atoms with Crippen LogP contribution < -0.4 is 10.8 Å². The molecule has 3 rings (SSSR count). The summed E-state index contributed by atoms with van der Waals surface area (Å²) in [6, 6.07) is 25.8. The lowest BCUT2D eigenvalue weighted by Crippen LogP contribution is -2.51. The molecular weight excluding hydrogens is 429 g/mol. The molecule has 0 saturated carbocycles. The van der Waals surface area contributed by atoms with Gasteiger partial charge in [-0.2, -0.15) is 0 Å². The van der Waals surface area contributed by atoms with Gasteiger partial charge in [-0.05, 0) is 29.1 Å². The molecule has 0 bridgehead atoms. The summed E-state index contributed by atoms with van der Waals surface area (Å²) in [6.45, 7) is 1.87. The lowest BCUT2D eigenvalue weighted by Gasteiger charge is -2.31. The van der Waals surface area contributed by atoms with Gasteiger partial charge in [0.05, 0.1) is 12.5 Å². The monoisotopic (exact) mass is 459 g/mol. The van der Waals surface area contributed by atoms with Crippen LogP contribution in [-0.4, -0.2) is 46.4 Å². The van der Waals surface area contributed by atoms with E-state index in [-0.39, 0.29) is 12.3 Å². The molecule has 176 valence electrons. The van der Waals surface area contributed by atoms with Gasteiger partial charge in [0.15, 0.2) is 0 Å². The van der Waals surface area contributed by atoms with E-state index in [9.17, 15) is 9.59 Å². The summed E-state index contributed by atoms with van der Waals surface area (Å²) >= 11 is 0. The fourth-order valence-corrected chi connectivity index (χ4v) is 4.02. The van der Waals surface area contributed by atoms with Crippen molar-refractivity contribution in [3.63, 3.8) is 0 Å². The van der Waals surface area contributed by atoms with E-state index in [1.165, 1.54) is 7.11 Å². The Labute approximate surface area is 201 Å². The molecule has 0 aliphatic carbocycles. The molecule has 3 aromatic rings. The summed E-state index contributed by atoms with van der Waals surface area (Å²) in [5.74, 6) is -0.789. The maximum atomic E-state index is 13.8. The lowest BCUT2D eigenvalue weighted by atomic mass is 9.75. The van der Waals surface area contributed by atoms with Crippen LogP contribution in [0.1, 0.15) is 23.6 Å². The molecule has 0 unspecified atom stereocenters. The van der Waals surface area contributed by atoms with E-state index in [4.69, 9.17) is 14.0 Å². The highest BCUT2D eigenvalue weighted by atomic mass is 16.6. The quantitative estimate of drug-likeness (QED) is 0.373. The van der Waals surface area contributed by atoms with Crippen LogP contribution in [0.5, 0.6) is 0 Å². The van der Waals surface area contributed by atoms with Crippen molar-refractivity contribution in [3.8, 4) is 0 Å². The molecule has 0 heterocycles. The van der Waals surface area contributed by atoms with Crippen LogP contribution in [-0.2, 0) is 35.5 Å². The second-order valence-electron chi connectivity index (χ2n) is 8.16. The van der Waals surface area contributed by atoms with Gasteiger partial charge in [-0.25, -0.2) is 4.79 Å². The van der Waals surface area contributed by atoms with E-state index in [0.29, 0.717) is 0 Å².